The quantitative estimate of drug-likeness (QED) is 0.804. The van der Waals surface area contributed by atoms with Crippen LogP contribution in [0.3, 0.4) is 0 Å². The largest absolute Gasteiger partial charge is 0.486 e. The number of amides is 1. The Bertz CT molecular complexity index is 758. The summed E-state index contributed by atoms with van der Waals surface area (Å²) >= 11 is 1.68. The topological polar surface area (TPSA) is 74.0 Å². The van der Waals surface area contributed by atoms with Crippen LogP contribution in [0.25, 0.3) is 0 Å². The first-order valence-electron chi connectivity index (χ1n) is 8.59. The molecule has 7 heteroatoms. The van der Waals surface area contributed by atoms with E-state index in [9.17, 15) is 4.79 Å². The van der Waals surface area contributed by atoms with Gasteiger partial charge in [-0.05, 0) is 31.2 Å². The Kier molecular flexibility index (Phi) is 6.13. The predicted octanol–water partition coefficient (Wildman–Crippen LogP) is 2.72. The summed E-state index contributed by atoms with van der Waals surface area (Å²) in [5, 5.41) is 0. The number of anilines is 1. The van der Waals surface area contributed by atoms with E-state index < -0.39 is 0 Å². The molecule has 0 saturated carbocycles. The number of carbonyl (C=O) groups is 1. The third-order valence-electron chi connectivity index (χ3n) is 4.25. The first kappa shape index (κ1) is 18.7. The lowest BCUT2D eigenvalue weighted by atomic mass is 10.2. The Balaban J connectivity index is 1.87. The molecule has 0 fully saturated rings. The highest BCUT2D eigenvalue weighted by molar-refractivity contribution is 7.11. The molecule has 0 saturated heterocycles. The molecule has 1 aromatic carbocycles. The highest BCUT2D eigenvalue weighted by Crippen LogP contribution is 2.35. The smallest absolute Gasteiger partial charge is 0.229 e. The van der Waals surface area contributed by atoms with E-state index in [0.717, 1.165) is 10.6 Å². The van der Waals surface area contributed by atoms with Crippen molar-refractivity contribution in [2.24, 2.45) is 5.73 Å². The molecule has 0 radical (unpaired) electrons. The lowest BCUT2D eigenvalue weighted by Crippen LogP contribution is -2.35. The molecule has 0 spiro atoms. The van der Waals surface area contributed by atoms with E-state index in [1.165, 1.54) is 4.88 Å². The van der Waals surface area contributed by atoms with Crippen molar-refractivity contribution in [1.29, 1.82) is 0 Å². The molecule has 2 N–H and O–H groups in total. The molecule has 1 aliphatic heterocycles. The van der Waals surface area contributed by atoms with Gasteiger partial charge in [0.25, 0.3) is 0 Å². The number of hydrogen-bond acceptors (Lipinski definition) is 6. The number of rotatable bonds is 7. The Morgan fingerprint density at radius 3 is 2.69 bits per heavy atom. The number of carbonyl (C=O) groups excluding carboxylic acids is 1. The highest BCUT2D eigenvalue weighted by Gasteiger charge is 2.23. The SMILES string of the molecule is COC(CN)CC(=O)N(Cc1ccc(C)s1)c1ccc2c(c1)OCCO2. The van der Waals surface area contributed by atoms with Gasteiger partial charge >= 0.3 is 0 Å². The standard InChI is InChI=1S/C19H24N2O4S/c1-13-3-5-16(26-13)12-21(19(22)10-15(11-20)23-2)14-4-6-17-18(9-14)25-8-7-24-17/h3-6,9,15H,7-8,10-12,20H2,1-2H3. The molecule has 0 bridgehead atoms. The van der Waals surface area contributed by atoms with E-state index in [1.54, 1.807) is 23.3 Å². The first-order chi connectivity index (χ1) is 12.6. The highest BCUT2D eigenvalue weighted by atomic mass is 32.1. The van der Waals surface area contributed by atoms with Crippen LogP contribution in [0.2, 0.25) is 0 Å². The summed E-state index contributed by atoms with van der Waals surface area (Å²) in [4.78, 5) is 17.1. The monoisotopic (exact) mass is 376 g/mol. The maximum atomic E-state index is 13.0. The first-order valence-corrected chi connectivity index (χ1v) is 9.40. The molecule has 3 rings (SSSR count). The number of benzene rings is 1. The molecule has 140 valence electrons. The van der Waals surface area contributed by atoms with Gasteiger partial charge in [0.15, 0.2) is 11.5 Å². The van der Waals surface area contributed by atoms with Crippen LogP contribution < -0.4 is 20.1 Å². The van der Waals surface area contributed by atoms with Crippen molar-refractivity contribution in [3.05, 3.63) is 40.1 Å². The number of nitrogens with two attached hydrogens (primary N) is 1. The van der Waals surface area contributed by atoms with Gasteiger partial charge in [0, 0.05) is 35.2 Å². The van der Waals surface area contributed by atoms with Crippen LogP contribution in [0.5, 0.6) is 11.5 Å². The number of thiophene rings is 1. The van der Waals surface area contributed by atoms with E-state index in [4.69, 9.17) is 19.9 Å². The van der Waals surface area contributed by atoms with E-state index in [0.29, 0.717) is 37.8 Å². The van der Waals surface area contributed by atoms with Gasteiger partial charge in [0.05, 0.1) is 19.1 Å². The Hall–Kier alpha value is -2.09. The van der Waals surface area contributed by atoms with Gasteiger partial charge in [-0.2, -0.15) is 0 Å². The maximum Gasteiger partial charge on any atom is 0.229 e. The summed E-state index contributed by atoms with van der Waals surface area (Å²) in [6.45, 7) is 3.90. The maximum absolute atomic E-state index is 13.0. The Labute approximate surface area is 157 Å². The van der Waals surface area contributed by atoms with Gasteiger partial charge in [-0.15, -0.1) is 11.3 Å². The molecule has 0 aliphatic carbocycles. The van der Waals surface area contributed by atoms with Crippen LogP contribution in [0.4, 0.5) is 5.69 Å². The molecular weight excluding hydrogens is 352 g/mol. The van der Waals surface area contributed by atoms with Crippen LogP contribution in [0, 0.1) is 6.92 Å². The van der Waals surface area contributed by atoms with Crippen LogP contribution >= 0.6 is 11.3 Å². The van der Waals surface area contributed by atoms with E-state index in [1.807, 2.05) is 18.2 Å². The van der Waals surface area contributed by atoms with Crippen LogP contribution in [-0.2, 0) is 16.1 Å². The van der Waals surface area contributed by atoms with E-state index in [2.05, 4.69) is 19.1 Å². The van der Waals surface area contributed by atoms with Crippen molar-refractivity contribution in [2.45, 2.75) is 26.0 Å². The lowest BCUT2D eigenvalue weighted by Gasteiger charge is -2.26. The zero-order chi connectivity index (χ0) is 18.5. The molecule has 1 atom stereocenters. The molecule has 1 aliphatic rings. The Morgan fingerprint density at radius 2 is 2.04 bits per heavy atom. The minimum absolute atomic E-state index is 0.0370. The zero-order valence-electron chi connectivity index (χ0n) is 15.1. The fraction of sp³-hybridized carbons (Fsp3) is 0.421. The van der Waals surface area contributed by atoms with Crippen LogP contribution in [-0.4, -0.2) is 38.9 Å². The van der Waals surface area contributed by atoms with Gasteiger partial charge in [-0.1, -0.05) is 0 Å². The number of fused-ring (bicyclic) bond motifs is 1. The molecule has 26 heavy (non-hydrogen) atoms. The van der Waals surface area contributed by atoms with Gasteiger partial charge < -0.3 is 24.8 Å². The predicted molar refractivity (Wildman–Crippen MR) is 102 cm³/mol. The number of aryl methyl sites for hydroxylation is 1. The summed E-state index contributed by atoms with van der Waals surface area (Å²) in [5.74, 6) is 1.33. The minimum atomic E-state index is -0.299. The number of nitrogens with zero attached hydrogens (tertiary/aromatic N) is 1. The molecule has 1 unspecified atom stereocenters. The van der Waals surface area contributed by atoms with Crippen LogP contribution in [0.15, 0.2) is 30.3 Å². The van der Waals surface area contributed by atoms with Crippen molar-refractivity contribution in [3.63, 3.8) is 0 Å². The molecule has 2 heterocycles. The van der Waals surface area contributed by atoms with Gasteiger partial charge in [-0.3, -0.25) is 4.79 Å². The summed E-state index contributed by atoms with van der Waals surface area (Å²) in [7, 11) is 1.57. The van der Waals surface area contributed by atoms with Gasteiger partial charge in [0.1, 0.15) is 13.2 Å². The van der Waals surface area contributed by atoms with Crippen LogP contribution in [0.1, 0.15) is 16.2 Å². The third kappa shape index (κ3) is 4.35. The number of hydrogen-bond donors (Lipinski definition) is 1. The second-order valence-electron chi connectivity index (χ2n) is 6.12. The molecule has 2 aromatic rings. The number of ether oxygens (including phenoxy) is 3. The van der Waals surface area contributed by atoms with Crippen molar-refractivity contribution < 1.29 is 19.0 Å². The van der Waals surface area contributed by atoms with Crippen molar-refractivity contribution in [1.82, 2.24) is 0 Å². The summed E-state index contributed by atoms with van der Waals surface area (Å²) in [6, 6.07) is 9.70. The molecular formula is C19H24N2O4S. The fourth-order valence-electron chi connectivity index (χ4n) is 2.82. The lowest BCUT2D eigenvalue weighted by molar-refractivity contribution is -0.121. The van der Waals surface area contributed by atoms with E-state index in [-0.39, 0.29) is 18.4 Å². The fourth-order valence-corrected chi connectivity index (χ4v) is 3.70. The summed E-state index contributed by atoms with van der Waals surface area (Å²) in [5.41, 5.74) is 6.46. The van der Waals surface area contributed by atoms with Gasteiger partial charge in [0.2, 0.25) is 5.91 Å². The molecule has 6 nitrogen and oxygen atoms in total. The second kappa shape index (κ2) is 8.53. The summed E-state index contributed by atoms with van der Waals surface area (Å²) < 4.78 is 16.5. The normalized spacial score (nSPS) is 14.1. The number of methoxy groups -OCH3 is 1. The van der Waals surface area contributed by atoms with E-state index >= 15 is 0 Å². The summed E-state index contributed by atoms with van der Waals surface area (Å²) in [6.07, 6.45) is -0.0708. The van der Waals surface area contributed by atoms with Crippen molar-refractivity contribution in [2.75, 3.05) is 31.8 Å². The Morgan fingerprint density at radius 1 is 1.27 bits per heavy atom. The van der Waals surface area contributed by atoms with Crippen molar-refractivity contribution >= 4 is 22.9 Å². The second-order valence-corrected chi connectivity index (χ2v) is 7.49. The molecule has 1 aromatic heterocycles. The van der Waals surface area contributed by atoms with Gasteiger partial charge in [-0.25, -0.2) is 0 Å². The third-order valence-corrected chi connectivity index (χ3v) is 5.23. The molecule has 1 amide bonds. The zero-order valence-corrected chi connectivity index (χ0v) is 15.9. The van der Waals surface area contributed by atoms with Crippen molar-refractivity contribution in [3.8, 4) is 11.5 Å². The average molecular weight is 376 g/mol. The minimum Gasteiger partial charge on any atom is -0.486 e. The average Bonchev–Trinajstić information content (AvgIpc) is 3.08.